The quantitative estimate of drug-likeness (QED) is 0.233. The maximum atomic E-state index is 12.6. The number of unbranched alkanes of at least 4 members (excludes halogenated alkanes) is 2. The Kier molecular flexibility index (Phi) is 9.82. The van der Waals surface area contributed by atoms with Crippen LogP contribution in [0, 0.1) is 16.7 Å². The van der Waals surface area contributed by atoms with Crippen LogP contribution in [-0.4, -0.2) is 19.2 Å². The Morgan fingerprint density at radius 1 is 0.889 bits per heavy atom. The first-order valence-corrected chi connectivity index (χ1v) is 13.8. The molecule has 0 N–H and O–H groups in total. The third-order valence-corrected chi connectivity index (χ3v) is 7.47. The third-order valence-electron chi connectivity index (χ3n) is 7.47. The van der Waals surface area contributed by atoms with Gasteiger partial charge in [-0.2, -0.15) is 0 Å². The maximum absolute atomic E-state index is 12.6. The van der Waals surface area contributed by atoms with Crippen LogP contribution in [0.2, 0.25) is 0 Å². The summed E-state index contributed by atoms with van der Waals surface area (Å²) in [4.78, 5) is 12.6. The van der Waals surface area contributed by atoms with E-state index in [9.17, 15) is 4.79 Å². The minimum Gasteiger partial charge on any atom is -0.494 e. The van der Waals surface area contributed by atoms with Crippen molar-refractivity contribution in [1.29, 1.82) is 0 Å². The highest BCUT2D eigenvalue weighted by Crippen LogP contribution is 2.37. The summed E-state index contributed by atoms with van der Waals surface area (Å²) in [6, 6.07) is 17.2. The van der Waals surface area contributed by atoms with Gasteiger partial charge in [0.15, 0.2) is 0 Å². The monoisotopic (exact) mass is 490 g/mol. The minimum atomic E-state index is -0.460. The molecule has 36 heavy (non-hydrogen) atoms. The van der Waals surface area contributed by atoms with E-state index >= 15 is 0 Å². The molecule has 1 atom stereocenters. The van der Waals surface area contributed by atoms with Crippen LogP contribution in [0.3, 0.4) is 0 Å². The fraction of sp³-hybridized carbons (Fsp3) is 0.545. The Balaban J connectivity index is 1.36. The third kappa shape index (κ3) is 8.25. The summed E-state index contributed by atoms with van der Waals surface area (Å²) in [6.45, 7) is 14.0. The van der Waals surface area contributed by atoms with Crippen LogP contribution < -0.4 is 4.74 Å². The standard InChI is InChI=1S/C33H46O3/c1-25(24-32(2,3)4)33(5,6)31(34)36-22-11-7-10-21-35-30-19-17-27(18-20-30)29-16-12-15-26-13-8-9-14-28(26)23-29/h8-9,13-14,17-20,23,25H,7,10-12,15-16,21-22,24H2,1-6H3. The summed E-state index contributed by atoms with van der Waals surface area (Å²) in [5.41, 5.74) is 5.21. The Bertz CT molecular complexity index is 1010. The van der Waals surface area contributed by atoms with Crippen molar-refractivity contribution in [3.8, 4) is 5.75 Å². The van der Waals surface area contributed by atoms with Crippen molar-refractivity contribution >= 4 is 17.6 Å². The molecule has 0 amide bonds. The molecule has 1 aliphatic carbocycles. The number of aryl methyl sites for hydroxylation is 1. The molecule has 3 heteroatoms. The molecule has 0 heterocycles. The lowest BCUT2D eigenvalue weighted by atomic mass is 9.72. The van der Waals surface area contributed by atoms with E-state index in [0.29, 0.717) is 13.2 Å². The van der Waals surface area contributed by atoms with Crippen molar-refractivity contribution in [2.45, 2.75) is 86.5 Å². The second kappa shape index (κ2) is 12.6. The molecule has 2 aromatic rings. The SMILES string of the molecule is CC(CC(C)(C)C)C(C)(C)C(=O)OCCCCCOc1ccc(C2=Cc3ccccc3CCC2)cc1. The van der Waals surface area contributed by atoms with Crippen molar-refractivity contribution < 1.29 is 14.3 Å². The van der Waals surface area contributed by atoms with E-state index in [2.05, 4.69) is 82.3 Å². The van der Waals surface area contributed by atoms with Crippen LogP contribution in [0.5, 0.6) is 5.75 Å². The zero-order valence-electron chi connectivity index (χ0n) is 23.4. The van der Waals surface area contributed by atoms with Crippen LogP contribution in [0.1, 0.15) is 96.8 Å². The van der Waals surface area contributed by atoms with Crippen molar-refractivity contribution in [1.82, 2.24) is 0 Å². The van der Waals surface area contributed by atoms with Gasteiger partial charge < -0.3 is 9.47 Å². The number of allylic oxidation sites excluding steroid dienone is 1. The Morgan fingerprint density at radius 3 is 2.31 bits per heavy atom. The number of ether oxygens (including phenoxy) is 2. The van der Waals surface area contributed by atoms with Crippen LogP contribution in [0.25, 0.3) is 11.6 Å². The van der Waals surface area contributed by atoms with Gasteiger partial charge in [-0.25, -0.2) is 0 Å². The van der Waals surface area contributed by atoms with Gasteiger partial charge in [0, 0.05) is 0 Å². The number of fused-ring (bicyclic) bond motifs is 1. The fourth-order valence-corrected chi connectivity index (χ4v) is 4.92. The average molecular weight is 491 g/mol. The molecule has 1 unspecified atom stereocenters. The van der Waals surface area contributed by atoms with Gasteiger partial charge in [-0.15, -0.1) is 0 Å². The van der Waals surface area contributed by atoms with E-state index in [1.807, 2.05) is 13.8 Å². The molecular formula is C33H46O3. The summed E-state index contributed by atoms with van der Waals surface area (Å²) < 4.78 is 11.6. The Morgan fingerprint density at radius 2 is 1.58 bits per heavy atom. The molecule has 196 valence electrons. The molecule has 0 saturated heterocycles. The predicted octanol–water partition coefficient (Wildman–Crippen LogP) is 8.75. The zero-order valence-corrected chi connectivity index (χ0v) is 23.4. The van der Waals surface area contributed by atoms with Crippen molar-refractivity contribution in [3.05, 3.63) is 65.2 Å². The van der Waals surface area contributed by atoms with Crippen LogP contribution in [0.4, 0.5) is 0 Å². The number of esters is 1. The summed E-state index contributed by atoms with van der Waals surface area (Å²) in [5, 5.41) is 0. The van der Waals surface area contributed by atoms with Crippen LogP contribution in [0.15, 0.2) is 48.5 Å². The molecule has 0 aromatic heterocycles. The second-order valence-electron chi connectivity index (χ2n) is 12.2. The summed E-state index contributed by atoms with van der Waals surface area (Å²) >= 11 is 0. The van der Waals surface area contributed by atoms with Gasteiger partial charge in [-0.3, -0.25) is 4.79 Å². The molecule has 0 saturated carbocycles. The number of hydrogen-bond acceptors (Lipinski definition) is 3. The lowest BCUT2D eigenvalue weighted by Crippen LogP contribution is -2.35. The highest BCUT2D eigenvalue weighted by molar-refractivity contribution is 5.83. The molecule has 2 aromatic carbocycles. The van der Waals surface area contributed by atoms with Gasteiger partial charge >= 0.3 is 5.97 Å². The van der Waals surface area contributed by atoms with E-state index < -0.39 is 5.41 Å². The lowest BCUT2D eigenvalue weighted by Gasteiger charge is -2.34. The molecule has 0 radical (unpaired) electrons. The van der Waals surface area contributed by atoms with Crippen LogP contribution >= 0.6 is 0 Å². The smallest absolute Gasteiger partial charge is 0.311 e. The number of rotatable bonds is 11. The minimum absolute atomic E-state index is 0.0807. The first kappa shape index (κ1) is 28.0. The number of hydrogen-bond donors (Lipinski definition) is 0. The van der Waals surface area contributed by atoms with Crippen molar-refractivity contribution in [2.75, 3.05) is 13.2 Å². The molecule has 3 nitrogen and oxygen atoms in total. The topological polar surface area (TPSA) is 35.5 Å². The Labute approximate surface area is 219 Å². The van der Waals surface area contributed by atoms with Crippen molar-refractivity contribution in [2.24, 2.45) is 16.7 Å². The van der Waals surface area contributed by atoms with Crippen molar-refractivity contribution in [3.63, 3.8) is 0 Å². The molecule has 0 fully saturated rings. The molecule has 0 aliphatic heterocycles. The summed E-state index contributed by atoms with van der Waals surface area (Å²) in [5.74, 6) is 1.11. The van der Waals surface area contributed by atoms with Gasteiger partial charge in [-0.05, 0) is 105 Å². The van der Waals surface area contributed by atoms with E-state index in [4.69, 9.17) is 9.47 Å². The van der Waals surface area contributed by atoms with E-state index in [0.717, 1.165) is 44.3 Å². The van der Waals surface area contributed by atoms with E-state index in [1.165, 1.54) is 28.7 Å². The second-order valence-corrected chi connectivity index (χ2v) is 12.2. The Hall–Kier alpha value is -2.55. The van der Waals surface area contributed by atoms with E-state index in [1.54, 1.807) is 0 Å². The molecular weight excluding hydrogens is 444 g/mol. The number of carbonyl (C=O) groups excluding carboxylic acids is 1. The highest BCUT2D eigenvalue weighted by Gasteiger charge is 2.37. The first-order valence-electron chi connectivity index (χ1n) is 13.8. The van der Waals surface area contributed by atoms with E-state index in [-0.39, 0.29) is 17.3 Å². The largest absolute Gasteiger partial charge is 0.494 e. The highest BCUT2D eigenvalue weighted by atomic mass is 16.5. The molecule has 1 aliphatic rings. The molecule has 3 rings (SSSR count). The zero-order chi connectivity index (χ0) is 26.2. The van der Waals surface area contributed by atoms with Gasteiger partial charge in [0.2, 0.25) is 0 Å². The van der Waals surface area contributed by atoms with Crippen LogP contribution in [-0.2, 0) is 16.0 Å². The first-order chi connectivity index (χ1) is 17.1. The fourth-order valence-electron chi connectivity index (χ4n) is 4.92. The number of benzene rings is 2. The summed E-state index contributed by atoms with van der Waals surface area (Å²) in [7, 11) is 0. The van der Waals surface area contributed by atoms with Gasteiger partial charge in [0.25, 0.3) is 0 Å². The molecule has 0 bridgehead atoms. The van der Waals surface area contributed by atoms with Gasteiger partial charge in [-0.1, -0.05) is 70.2 Å². The molecule has 0 spiro atoms. The normalized spacial score (nSPS) is 14.9. The van der Waals surface area contributed by atoms with Gasteiger partial charge in [0.05, 0.1) is 18.6 Å². The summed E-state index contributed by atoms with van der Waals surface area (Å²) in [6.07, 6.45) is 9.57. The maximum Gasteiger partial charge on any atom is 0.311 e. The lowest BCUT2D eigenvalue weighted by molar-refractivity contribution is -0.157. The number of carbonyl (C=O) groups is 1. The van der Waals surface area contributed by atoms with Gasteiger partial charge in [0.1, 0.15) is 5.75 Å². The average Bonchev–Trinajstić information content (AvgIpc) is 3.05. The predicted molar refractivity (Wildman–Crippen MR) is 151 cm³/mol.